The Kier molecular flexibility index (Phi) is 6.80. The Bertz CT molecular complexity index is 1300. The highest BCUT2D eigenvalue weighted by Gasteiger charge is 2.30. The Labute approximate surface area is 211 Å². The first-order valence-corrected chi connectivity index (χ1v) is 13.5. The lowest BCUT2D eigenvalue weighted by atomic mass is 10.1. The van der Waals surface area contributed by atoms with Gasteiger partial charge in [-0.1, -0.05) is 36.4 Å². The number of nitrogens with zero attached hydrogens (tertiary/aromatic N) is 5. The van der Waals surface area contributed by atoms with Gasteiger partial charge in [-0.15, -0.1) is 0 Å². The lowest BCUT2D eigenvalue weighted by Gasteiger charge is -2.38. The van der Waals surface area contributed by atoms with E-state index >= 15 is 0 Å². The number of sulfonamides is 1. The van der Waals surface area contributed by atoms with Crippen LogP contribution in [0.4, 0.5) is 22.7 Å². The van der Waals surface area contributed by atoms with Gasteiger partial charge < -0.3 is 14.7 Å². The number of anilines is 3. The monoisotopic (exact) mass is 507 g/mol. The van der Waals surface area contributed by atoms with E-state index in [1.807, 2.05) is 24.3 Å². The van der Waals surface area contributed by atoms with E-state index in [0.29, 0.717) is 49.9 Å². The van der Waals surface area contributed by atoms with E-state index in [2.05, 4.69) is 26.8 Å². The van der Waals surface area contributed by atoms with Crippen LogP contribution in [-0.4, -0.2) is 70.0 Å². The highest BCUT2D eigenvalue weighted by Crippen LogP contribution is 2.34. The molecule has 3 aromatic carbocycles. The predicted molar refractivity (Wildman–Crippen MR) is 141 cm³/mol. The first kappa shape index (κ1) is 24.1. The molecule has 188 valence electrons. The van der Waals surface area contributed by atoms with Crippen molar-refractivity contribution in [3.63, 3.8) is 0 Å². The van der Waals surface area contributed by atoms with Gasteiger partial charge >= 0.3 is 0 Å². The number of hydrogen-bond acceptors (Lipinski definition) is 7. The molecule has 2 saturated heterocycles. The fourth-order valence-electron chi connectivity index (χ4n) is 4.89. The van der Waals surface area contributed by atoms with Crippen molar-refractivity contribution in [1.29, 1.82) is 0 Å². The lowest BCUT2D eigenvalue weighted by Crippen LogP contribution is -2.49. The van der Waals surface area contributed by atoms with E-state index in [9.17, 15) is 18.5 Å². The number of para-hydroxylation sites is 1. The summed E-state index contributed by atoms with van der Waals surface area (Å²) in [5.74, 6) is 0. The minimum absolute atomic E-state index is 0.0946. The van der Waals surface area contributed by atoms with E-state index in [0.717, 1.165) is 24.5 Å². The summed E-state index contributed by atoms with van der Waals surface area (Å²) in [4.78, 5) is 18.3. The first-order valence-electron chi connectivity index (χ1n) is 12.1. The van der Waals surface area contributed by atoms with Gasteiger partial charge in [-0.2, -0.15) is 4.31 Å². The minimum atomic E-state index is -3.53. The largest absolute Gasteiger partial charge is 0.369 e. The summed E-state index contributed by atoms with van der Waals surface area (Å²) in [6, 6.07) is 23.9. The molecule has 2 aliphatic heterocycles. The Morgan fingerprint density at radius 2 is 1.17 bits per heavy atom. The Morgan fingerprint density at radius 1 is 0.639 bits per heavy atom. The van der Waals surface area contributed by atoms with Gasteiger partial charge in [0.1, 0.15) is 5.69 Å². The maximum absolute atomic E-state index is 13.0. The quantitative estimate of drug-likeness (QED) is 0.373. The van der Waals surface area contributed by atoms with Gasteiger partial charge in [0.05, 0.1) is 9.82 Å². The predicted octanol–water partition coefficient (Wildman–Crippen LogP) is 3.43. The summed E-state index contributed by atoms with van der Waals surface area (Å²) in [6.45, 7) is 4.68. The number of nitro benzene ring substituents is 1. The van der Waals surface area contributed by atoms with Crippen LogP contribution < -0.4 is 14.7 Å². The zero-order valence-corrected chi connectivity index (χ0v) is 20.8. The molecule has 10 heteroatoms. The smallest absolute Gasteiger partial charge is 0.292 e. The van der Waals surface area contributed by atoms with Crippen LogP contribution in [0.15, 0.2) is 83.8 Å². The van der Waals surface area contributed by atoms with Crippen molar-refractivity contribution in [3.8, 4) is 0 Å². The molecule has 0 unspecified atom stereocenters. The summed E-state index contributed by atoms with van der Waals surface area (Å²) in [5, 5.41) is 11.8. The SMILES string of the molecule is O=[N+]([O-])c1ccc(N2CCN(S(=O)(=O)c3ccccc3)CC2)cc1N1CCN(c2ccccc2)CC1. The molecule has 3 aromatic rings. The molecule has 0 bridgehead atoms. The fourth-order valence-corrected chi connectivity index (χ4v) is 6.33. The highest BCUT2D eigenvalue weighted by atomic mass is 32.2. The number of piperazine rings is 2. The zero-order chi connectivity index (χ0) is 25.1. The van der Waals surface area contributed by atoms with Crippen molar-refractivity contribution in [3.05, 3.63) is 89.0 Å². The Morgan fingerprint density at radius 3 is 1.78 bits per heavy atom. The van der Waals surface area contributed by atoms with E-state index in [1.165, 1.54) is 4.31 Å². The van der Waals surface area contributed by atoms with Gasteiger partial charge in [0, 0.05) is 69.8 Å². The number of nitro groups is 1. The topological polar surface area (TPSA) is 90.2 Å². The molecule has 0 aliphatic carbocycles. The number of rotatable bonds is 6. The average molecular weight is 508 g/mol. The maximum atomic E-state index is 13.0. The molecule has 0 aromatic heterocycles. The number of benzene rings is 3. The molecule has 2 fully saturated rings. The Hall–Kier alpha value is -3.63. The van der Waals surface area contributed by atoms with E-state index in [-0.39, 0.29) is 10.6 Å². The van der Waals surface area contributed by atoms with Crippen LogP contribution in [0.25, 0.3) is 0 Å². The third-order valence-corrected chi connectivity index (χ3v) is 8.80. The molecule has 5 rings (SSSR count). The molecule has 0 atom stereocenters. The van der Waals surface area contributed by atoms with Gasteiger partial charge in [-0.05, 0) is 36.4 Å². The summed E-state index contributed by atoms with van der Waals surface area (Å²) in [7, 11) is -3.53. The molecule has 36 heavy (non-hydrogen) atoms. The van der Waals surface area contributed by atoms with Crippen molar-refractivity contribution in [1.82, 2.24) is 4.31 Å². The second-order valence-electron chi connectivity index (χ2n) is 8.94. The van der Waals surface area contributed by atoms with Gasteiger partial charge in [0.15, 0.2) is 0 Å². The third-order valence-electron chi connectivity index (χ3n) is 6.88. The normalized spacial score (nSPS) is 17.3. The summed E-state index contributed by atoms with van der Waals surface area (Å²) in [5.41, 5.74) is 2.74. The summed E-state index contributed by atoms with van der Waals surface area (Å²) >= 11 is 0. The van der Waals surface area contributed by atoms with Crippen molar-refractivity contribution >= 4 is 32.8 Å². The summed E-state index contributed by atoms with van der Waals surface area (Å²) < 4.78 is 27.4. The van der Waals surface area contributed by atoms with Gasteiger partial charge in [0.25, 0.3) is 5.69 Å². The van der Waals surface area contributed by atoms with Gasteiger partial charge in [-0.3, -0.25) is 10.1 Å². The van der Waals surface area contributed by atoms with E-state index < -0.39 is 10.0 Å². The van der Waals surface area contributed by atoms with Crippen LogP contribution in [0.1, 0.15) is 0 Å². The Balaban J connectivity index is 1.30. The van der Waals surface area contributed by atoms with Crippen molar-refractivity contribution < 1.29 is 13.3 Å². The molecule has 0 spiro atoms. The van der Waals surface area contributed by atoms with Crippen LogP contribution in [0.2, 0.25) is 0 Å². The minimum Gasteiger partial charge on any atom is -0.369 e. The van der Waals surface area contributed by atoms with Crippen molar-refractivity contribution in [2.45, 2.75) is 4.90 Å². The van der Waals surface area contributed by atoms with Crippen LogP contribution in [-0.2, 0) is 10.0 Å². The third kappa shape index (κ3) is 4.87. The second kappa shape index (κ2) is 10.2. The molecule has 0 amide bonds. The van der Waals surface area contributed by atoms with Gasteiger partial charge in [-0.25, -0.2) is 8.42 Å². The second-order valence-corrected chi connectivity index (χ2v) is 10.9. The molecule has 0 N–H and O–H groups in total. The highest BCUT2D eigenvalue weighted by molar-refractivity contribution is 7.89. The molecular weight excluding hydrogens is 478 g/mol. The summed E-state index contributed by atoms with van der Waals surface area (Å²) in [6.07, 6.45) is 0. The van der Waals surface area contributed by atoms with E-state index in [4.69, 9.17) is 0 Å². The lowest BCUT2D eigenvalue weighted by molar-refractivity contribution is -0.384. The average Bonchev–Trinajstić information content (AvgIpc) is 2.94. The molecule has 0 radical (unpaired) electrons. The van der Waals surface area contributed by atoms with Crippen LogP contribution in [0, 0.1) is 10.1 Å². The van der Waals surface area contributed by atoms with E-state index in [1.54, 1.807) is 42.5 Å². The van der Waals surface area contributed by atoms with Crippen LogP contribution in [0.5, 0.6) is 0 Å². The van der Waals surface area contributed by atoms with Crippen molar-refractivity contribution in [2.24, 2.45) is 0 Å². The fraction of sp³-hybridized carbons (Fsp3) is 0.308. The maximum Gasteiger partial charge on any atom is 0.292 e. The standard InChI is InChI=1S/C26H29N5O4S/c32-31(33)25-12-11-23(21-26(25)29-15-13-27(14-16-29)22-7-3-1-4-8-22)28-17-19-30(20-18-28)36(34,35)24-9-5-2-6-10-24/h1-12,21H,13-20H2. The zero-order valence-electron chi connectivity index (χ0n) is 19.9. The van der Waals surface area contributed by atoms with Crippen molar-refractivity contribution in [2.75, 3.05) is 67.1 Å². The molecule has 2 heterocycles. The molecule has 0 saturated carbocycles. The molecular formula is C26H29N5O4S. The van der Waals surface area contributed by atoms with Gasteiger partial charge in [0.2, 0.25) is 10.0 Å². The van der Waals surface area contributed by atoms with Crippen LogP contribution in [0.3, 0.4) is 0 Å². The molecule has 2 aliphatic rings. The van der Waals surface area contributed by atoms with Crippen LogP contribution >= 0.6 is 0 Å². The number of hydrogen-bond donors (Lipinski definition) is 0. The first-order chi connectivity index (χ1) is 17.4. The molecule has 9 nitrogen and oxygen atoms in total.